The molecule has 23 heavy (non-hydrogen) atoms. The molecule has 126 valence electrons. The number of anilines is 2. The standard InChI is InChI=1S/C17H27N5O/c1-13-7-5-8-14(2)22(13)20-17(23)19-15-9-6-10-18-16(15)21-11-3-4-12-21/h6,9-10,13-14H,3-5,7-8,11-12H2,1-2H3,(H2,19,20,23)/t13-,14+. The summed E-state index contributed by atoms with van der Waals surface area (Å²) < 4.78 is 0. The van der Waals surface area contributed by atoms with E-state index in [1.54, 1.807) is 6.20 Å². The van der Waals surface area contributed by atoms with Crippen LogP contribution in [0.25, 0.3) is 0 Å². The number of nitrogens with zero attached hydrogens (tertiary/aromatic N) is 3. The van der Waals surface area contributed by atoms with Crippen molar-refractivity contribution in [2.45, 2.75) is 58.0 Å². The van der Waals surface area contributed by atoms with E-state index in [1.165, 1.54) is 19.3 Å². The Balaban J connectivity index is 1.66. The lowest BCUT2D eigenvalue weighted by Crippen LogP contribution is -2.55. The van der Waals surface area contributed by atoms with Crippen LogP contribution in [0.15, 0.2) is 18.3 Å². The number of hydrogen-bond donors (Lipinski definition) is 2. The Morgan fingerprint density at radius 1 is 1.17 bits per heavy atom. The smallest absolute Gasteiger partial charge is 0.333 e. The highest BCUT2D eigenvalue weighted by Gasteiger charge is 2.26. The van der Waals surface area contributed by atoms with Gasteiger partial charge in [0.05, 0.1) is 5.69 Å². The number of amides is 2. The van der Waals surface area contributed by atoms with Crippen LogP contribution in [-0.2, 0) is 0 Å². The van der Waals surface area contributed by atoms with Crippen molar-refractivity contribution in [2.75, 3.05) is 23.3 Å². The summed E-state index contributed by atoms with van der Waals surface area (Å²) in [6, 6.07) is 4.34. The molecule has 1 aromatic heterocycles. The molecule has 0 saturated carbocycles. The number of urea groups is 1. The minimum Gasteiger partial charge on any atom is -0.355 e. The zero-order valence-electron chi connectivity index (χ0n) is 14.1. The predicted molar refractivity (Wildman–Crippen MR) is 92.5 cm³/mol. The molecule has 2 aliphatic rings. The molecule has 2 atom stereocenters. The number of carbonyl (C=O) groups is 1. The highest BCUT2D eigenvalue weighted by atomic mass is 16.2. The molecule has 2 saturated heterocycles. The number of piperidine rings is 1. The topological polar surface area (TPSA) is 60.5 Å². The lowest BCUT2D eigenvalue weighted by Gasteiger charge is -2.38. The Morgan fingerprint density at radius 3 is 2.57 bits per heavy atom. The van der Waals surface area contributed by atoms with E-state index in [4.69, 9.17) is 0 Å². The van der Waals surface area contributed by atoms with Gasteiger partial charge in [-0.05, 0) is 51.7 Å². The quantitative estimate of drug-likeness (QED) is 0.900. The van der Waals surface area contributed by atoms with Gasteiger partial charge >= 0.3 is 6.03 Å². The van der Waals surface area contributed by atoms with E-state index in [0.29, 0.717) is 12.1 Å². The lowest BCUT2D eigenvalue weighted by molar-refractivity contribution is 0.0625. The van der Waals surface area contributed by atoms with Crippen molar-refractivity contribution in [1.82, 2.24) is 15.4 Å². The number of pyridine rings is 1. The molecule has 0 aliphatic carbocycles. The molecule has 6 nitrogen and oxygen atoms in total. The van der Waals surface area contributed by atoms with Gasteiger partial charge in [-0.2, -0.15) is 0 Å². The molecule has 2 fully saturated rings. The molecular weight excluding hydrogens is 290 g/mol. The largest absolute Gasteiger partial charge is 0.355 e. The van der Waals surface area contributed by atoms with E-state index in [1.807, 2.05) is 12.1 Å². The van der Waals surface area contributed by atoms with E-state index >= 15 is 0 Å². The number of nitrogens with one attached hydrogen (secondary N) is 2. The van der Waals surface area contributed by atoms with Crippen LogP contribution in [0.3, 0.4) is 0 Å². The molecule has 0 aromatic carbocycles. The molecular formula is C17H27N5O. The fraction of sp³-hybridized carbons (Fsp3) is 0.647. The van der Waals surface area contributed by atoms with Crippen LogP contribution in [0, 0.1) is 0 Å². The second-order valence-electron chi connectivity index (χ2n) is 6.67. The summed E-state index contributed by atoms with van der Waals surface area (Å²) in [5, 5.41) is 5.05. The van der Waals surface area contributed by atoms with Crippen molar-refractivity contribution < 1.29 is 4.79 Å². The Labute approximate surface area is 138 Å². The van der Waals surface area contributed by atoms with Gasteiger partial charge in [0, 0.05) is 31.4 Å². The van der Waals surface area contributed by atoms with Crippen molar-refractivity contribution >= 4 is 17.5 Å². The van der Waals surface area contributed by atoms with E-state index in [-0.39, 0.29) is 6.03 Å². The third-order valence-corrected chi connectivity index (χ3v) is 4.86. The zero-order valence-corrected chi connectivity index (χ0v) is 14.1. The maximum Gasteiger partial charge on any atom is 0.333 e. The first-order valence-corrected chi connectivity index (χ1v) is 8.71. The van der Waals surface area contributed by atoms with E-state index in [0.717, 1.165) is 37.4 Å². The van der Waals surface area contributed by atoms with Crippen LogP contribution >= 0.6 is 0 Å². The highest BCUT2D eigenvalue weighted by Crippen LogP contribution is 2.26. The van der Waals surface area contributed by atoms with Crippen molar-refractivity contribution in [3.63, 3.8) is 0 Å². The van der Waals surface area contributed by atoms with Crippen molar-refractivity contribution in [2.24, 2.45) is 0 Å². The third kappa shape index (κ3) is 3.75. The fourth-order valence-electron chi connectivity index (χ4n) is 3.58. The van der Waals surface area contributed by atoms with Gasteiger partial charge in [0.2, 0.25) is 0 Å². The van der Waals surface area contributed by atoms with Crippen LogP contribution in [0.2, 0.25) is 0 Å². The van der Waals surface area contributed by atoms with Crippen LogP contribution in [0.4, 0.5) is 16.3 Å². The molecule has 2 amide bonds. The van der Waals surface area contributed by atoms with Gasteiger partial charge in [-0.3, -0.25) is 5.43 Å². The monoisotopic (exact) mass is 317 g/mol. The fourth-order valence-corrected chi connectivity index (χ4v) is 3.58. The summed E-state index contributed by atoms with van der Waals surface area (Å²) in [4.78, 5) is 19.1. The minimum atomic E-state index is -0.181. The van der Waals surface area contributed by atoms with Gasteiger partial charge in [0.1, 0.15) is 0 Å². The van der Waals surface area contributed by atoms with Gasteiger partial charge in [-0.25, -0.2) is 14.8 Å². The van der Waals surface area contributed by atoms with E-state index in [9.17, 15) is 4.79 Å². The van der Waals surface area contributed by atoms with E-state index < -0.39 is 0 Å². The molecule has 0 radical (unpaired) electrons. The first kappa shape index (κ1) is 16.1. The van der Waals surface area contributed by atoms with Gasteiger partial charge in [-0.15, -0.1) is 0 Å². The second kappa shape index (κ2) is 7.17. The second-order valence-corrected chi connectivity index (χ2v) is 6.67. The predicted octanol–water partition coefficient (Wildman–Crippen LogP) is 2.98. The van der Waals surface area contributed by atoms with Gasteiger partial charge in [0.15, 0.2) is 5.82 Å². The first-order valence-electron chi connectivity index (χ1n) is 8.71. The molecule has 1 aromatic rings. The summed E-state index contributed by atoms with van der Waals surface area (Å²) in [7, 11) is 0. The molecule has 6 heteroatoms. The van der Waals surface area contributed by atoms with Crippen LogP contribution in [0.1, 0.15) is 46.0 Å². The minimum absolute atomic E-state index is 0.181. The first-order chi connectivity index (χ1) is 11.1. The SMILES string of the molecule is C[C@@H]1CCC[C@H](C)N1NC(=O)Nc1cccnc1N1CCCC1. The molecule has 2 N–H and O–H groups in total. The maximum atomic E-state index is 12.4. The Morgan fingerprint density at radius 2 is 1.87 bits per heavy atom. The van der Waals surface area contributed by atoms with Crippen LogP contribution in [-0.4, -0.2) is 41.2 Å². The average molecular weight is 317 g/mol. The average Bonchev–Trinajstić information content (AvgIpc) is 3.06. The summed E-state index contributed by atoms with van der Waals surface area (Å²) in [6.07, 6.45) is 7.62. The molecule has 0 bridgehead atoms. The molecule has 2 aliphatic heterocycles. The highest BCUT2D eigenvalue weighted by molar-refractivity contribution is 5.92. The molecule has 3 rings (SSSR count). The van der Waals surface area contributed by atoms with Crippen molar-refractivity contribution in [3.05, 3.63) is 18.3 Å². The normalized spacial score (nSPS) is 25.4. The van der Waals surface area contributed by atoms with Crippen molar-refractivity contribution in [1.29, 1.82) is 0 Å². The van der Waals surface area contributed by atoms with Crippen molar-refractivity contribution in [3.8, 4) is 0 Å². The Bertz CT molecular complexity index is 534. The Kier molecular flexibility index (Phi) is 5.00. The number of rotatable bonds is 3. The summed E-state index contributed by atoms with van der Waals surface area (Å²) in [5.74, 6) is 0.875. The number of carbonyl (C=O) groups excluding carboxylic acids is 1. The zero-order chi connectivity index (χ0) is 16.2. The van der Waals surface area contributed by atoms with Gasteiger partial charge < -0.3 is 10.2 Å². The van der Waals surface area contributed by atoms with Gasteiger partial charge in [-0.1, -0.05) is 6.42 Å². The summed E-state index contributed by atoms with van der Waals surface area (Å²) in [6.45, 7) is 6.34. The molecule has 0 unspecified atom stereocenters. The number of aromatic nitrogens is 1. The molecule has 0 spiro atoms. The summed E-state index contributed by atoms with van der Waals surface area (Å²) >= 11 is 0. The molecule has 3 heterocycles. The lowest BCUT2D eigenvalue weighted by atomic mass is 10.00. The van der Waals surface area contributed by atoms with Crippen LogP contribution in [0.5, 0.6) is 0 Å². The van der Waals surface area contributed by atoms with Gasteiger partial charge in [0.25, 0.3) is 0 Å². The maximum absolute atomic E-state index is 12.4. The Hall–Kier alpha value is -1.82. The van der Waals surface area contributed by atoms with E-state index in [2.05, 4.69) is 39.5 Å². The summed E-state index contributed by atoms with van der Waals surface area (Å²) in [5.41, 5.74) is 3.80. The number of hydrogen-bond acceptors (Lipinski definition) is 4. The number of hydrazine groups is 1. The third-order valence-electron chi connectivity index (χ3n) is 4.86. The van der Waals surface area contributed by atoms with Crippen LogP contribution < -0.4 is 15.6 Å².